The Hall–Kier alpha value is -4.40. The number of methoxy groups -OCH3 is 1. The van der Waals surface area contributed by atoms with Crippen molar-refractivity contribution in [2.75, 3.05) is 25.1 Å². The first-order valence-electron chi connectivity index (χ1n) is 14.9. The third kappa shape index (κ3) is 8.15. The van der Waals surface area contributed by atoms with Gasteiger partial charge in [0.25, 0.3) is 5.56 Å². The van der Waals surface area contributed by atoms with Crippen LogP contribution in [0, 0.1) is 5.92 Å². The van der Waals surface area contributed by atoms with Gasteiger partial charge in [-0.15, -0.1) is 0 Å². The number of phosphoric ester groups is 1. The van der Waals surface area contributed by atoms with Gasteiger partial charge < -0.3 is 60.4 Å². The summed E-state index contributed by atoms with van der Waals surface area (Å²) in [6.07, 6.45) is -4.64. The van der Waals surface area contributed by atoms with Crippen LogP contribution in [0.5, 0.6) is 0 Å². The summed E-state index contributed by atoms with van der Waals surface area (Å²) in [5, 5.41) is 24.0. The van der Waals surface area contributed by atoms with Gasteiger partial charge in [-0.2, -0.15) is 13.6 Å². The zero-order valence-corrected chi connectivity index (χ0v) is 29.7. The van der Waals surface area contributed by atoms with Crippen LogP contribution in [0.4, 0.5) is 11.8 Å². The Bertz CT molecular complexity index is 2310. The number of hydrogen-bond donors (Lipinski definition) is 10. The van der Waals surface area contributed by atoms with Crippen molar-refractivity contribution in [3.63, 3.8) is 0 Å². The van der Waals surface area contributed by atoms with E-state index in [1.165, 1.54) is 22.6 Å². The molecule has 0 bridgehead atoms. The number of phosphoric acid groups is 3. The van der Waals surface area contributed by atoms with Gasteiger partial charge >= 0.3 is 23.5 Å². The molecule has 2 saturated heterocycles. The molecule has 294 valence electrons. The lowest BCUT2D eigenvalue weighted by Gasteiger charge is -2.21. The van der Waals surface area contributed by atoms with E-state index in [1.54, 1.807) is 0 Å². The number of amides is 1. The highest BCUT2D eigenvalue weighted by atomic mass is 31.3. The van der Waals surface area contributed by atoms with Crippen molar-refractivity contribution in [1.29, 1.82) is 0 Å². The average molecular weight is 825 g/mol. The Morgan fingerprint density at radius 3 is 2.35 bits per heavy atom. The quantitative estimate of drug-likeness (QED) is 0.0496. The van der Waals surface area contributed by atoms with E-state index < -0.39 is 96.4 Å². The number of nitrogens with one attached hydrogen (secondary N) is 2. The number of aromatic nitrogens is 8. The summed E-state index contributed by atoms with van der Waals surface area (Å²) in [6.45, 7) is -0.395. The lowest BCUT2D eigenvalue weighted by molar-refractivity contribution is -0.123. The molecular formula is C23H30N11O17P3. The number of imidazole rings is 2. The number of aromatic amines is 1. The van der Waals surface area contributed by atoms with Crippen LogP contribution < -0.4 is 22.3 Å². The molecule has 0 aliphatic carbocycles. The number of carbonyl (C=O) groups is 1. The summed E-state index contributed by atoms with van der Waals surface area (Å²) in [6, 6.07) is 0. The van der Waals surface area contributed by atoms with Gasteiger partial charge in [0.1, 0.15) is 54.6 Å². The molecule has 2 unspecified atom stereocenters. The van der Waals surface area contributed by atoms with E-state index in [1.807, 2.05) is 0 Å². The molecule has 1 amide bonds. The van der Waals surface area contributed by atoms with Gasteiger partial charge in [-0.25, -0.2) is 33.6 Å². The summed E-state index contributed by atoms with van der Waals surface area (Å²) < 4.78 is 67.3. The fourth-order valence-corrected chi connectivity index (χ4v) is 8.60. The smallest absolute Gasteiger partial charge is 0.468 e. The number of hydrogen-bond acceptors (Lipinski definition) is 20. The first kappa shape index (κ1) is 39.3. The minimum absolute atomic E-state index is 0.00372. The molecule has 0 saturated carbocycles. The van der Waals surface area contributed by atoms with Crippen LogP contribution >= 0.6 is 23.5 Å². The number of carbonyl (C=O) groups excluding carboxylic acids is 1. The van der Waals surface area contributed by atoms with Gasteiger partial charge in [0.15, 0.2) is 28.9 Å². The molecule has 28 nitrogen and oxygen atoms in total. The van der Waals surface area contributed by atoms with E-state index >= 15 is 0 Å². The van der Waals surface area contributed by atoms with Crippen molar-refractivity contribution >= 4 is 63.5 Å². The molecule has 0 radical (unpaired) electrons. The van der Waals surface area contributed by atoms with E-state index in [0.29, 0.717) is 6.26 Å². The van der Waals surface area contributed by atoms with E-state index in [2.05, 4.69) is 48.4 Å². The van der Waals surface area contributed by atoms with Crippen molar-refractivity contribution in [3.05, 3.63) is 41.4 Å². The normalized spacial score (nSPS) is 27.5. The summed E-state index contributed by atoms with van der Waals surface area (Å²) in [5.41, 5.74) is 11.0. The van der Waals surface area contributed by atoms with Gasteiger partial charge in [-0.3, -0.25) is 28.6 Å². The van der Waals surface area contributed by atoms with Gasteiger partial charge in [0.05, 0.1) is 12.2 Å². The average Bonchev–Trinajstić information content (AvgIpc) is 3.82. The molecule has 12 N–H and O–H groups in total. The Kier molecular flexibility index (Phi) is 10.7. The SMILES string of the molecule is CO[C@@H]1[C@H](CC(=O)NC[C@H]2O[C@@H](n3cnc4c(=O)[nH]c(N)nc43)[C@H](O)[C@@H]2O)/C(=C\OP(=O)(O)OP(=O)(O)OP(=O)(O)O)O[C@H]1n1cnc2c(N)ncnc21. The zero-order chi connectivity index (χ0) is 39.3. The standard InChI is InChI=1S/C23H30N11O17P3/c1-46-16-8(2-11(35)26-3-9-14(36)15(37)21(48-9)34-7-30-13-19(34)31-23(25)32-20(13)38)10(4-47-53(42,43)51-54(44,45)50-52(39,40)41)49-22(16)33-6-29-12-17(24)27-5-28-18(12)33/h4-9,14-16,21-22,36-37H,2-3H2,1H3,(H,26,35)(H,42,43)(H,44,45)(H2,24,27,28)(H2,39,40,41)(H3,25,31,32,38)/b10-4+/t8-,9-,14-,15-,16-,21-,22-/m1/s1. The number of aliphatic hydroxyl groups excluding tert-OH is 2. The van der Waals surface area contributed by atoms with Crippen LogP contribution in [-0.4, -0.2) is 113 Å². The maximum Gasteiger partial charge on any atom is 0.535 e. The minimum atomic E-state index is -5.88. The summed E-state index contributed by atoms with van der Waals surface area (Å²) in [5.74, 6) is -2.60. The summed E-state index contributed by atoms with van der Waals surface area (Å²) >= 11 is 0. The summed E-state index contributed by atoms with van der Waals surface area (Å²) in [7, 11) is -16.0. The van der Waals surface area contributed by atoms with Gasteiger partial charge in [0, 0.05) is 20.1 Å². The van der Waals surface area contributed by atoms with Crippen LogP contribution in [-0.2, 0) is 45.8 Å². The maximum atomic E-state index is 13.4. The lowest BCUT2D eigenvalue weighted by atomic mass is 9.97. The number of H-pyrrole nitrogens is 1. The fraction of sp³-hybridized carbons (Fsp3) is 0.435. The molecule has 2 aliphatic rings. The molecule has 6 heterocycles. The first-order chi connectivity index (χ1) is 25.3. The van der Waals surface area contributed by atoms with Crippen LogP contribution in [0.15, 0.2) is 35.8 Å². The Morgan fingerprint density at radius 2 is 1.67 bits per heavy atom. The van der Waals surface area contributed by atoms with E-state index in [4.69, 9.17) is 35.5 Å². The molecule has 54 heavy (non-hydrogen) atoms. The van der Waals surface area contributed by atoms with Crippen molar-refractivity contribution in [3.8, 4) is 0 Å². The number of nitrogens with zero attached hydrogens (tertiary/aromatic N) is 7. The highest BCUT2D eigenvalue weighted by Gasteiger charge is 2.48. The number of rotatable bonds is 13. The molecule has 0 spiro atoms. The number of nitrogens with two attached hydrogens (primary N) is 2. The molecule has 31 heteroatoms. The Balaban J connectivity index is 1.21. The van der Waals surface area contributed by atoms with E-state index in [-0.39, 0.29) is 34.1 Å². The second kappa shape index (κ2) is 14.7. The van der Waals surface area contributed by atoms with Crippen molar-refractivity contribution in [2.45, 2.75) is 43.3 Å². The van der Waals surface area contributed by atoms with E-state index in [9.17, 15) is 43.3 Å². The Labute approximate surface area is 299 Å². The predicted molar refractivity (Wildman–Crippen MR) is 173 cm³/mol. The molecule has 2 aliphatic heterocycles. The highest BCUT2D eigenvalue weighted by Crippen LogP contribution is 2.66. The lowest BCUT2D eigenvalue weighted by Crippen LogP contribution is -2.40. The number of anilines is 2. The second-order valence-electron chi connectivity index (χ2n) is 11.4. The molecule has 2 fully saturated rings. The minimum Gasteiger partial charge on any atom is -0.468 e. The third-order valence-corrected chi connectivity index (χ3v) is 11.6. The van der Waals surface area contributed by atoms with Gasteiger partial charge in [-0.05, 0) is 0 Å². The van der Waals surface area contributed by atoms with Gasteiger partial charge in [-0.1, -0.05) is 0 Å². The predicted octanol–water partition coefficient (Wildman–Crippen LogP) is -2.41. The zero-order valence-electron chi connectivity index (χ0n) is 27.1. The first-order valence-corrected chi connectivity index (χ1v) is 19.4. The molecular weight excluding hydrogens is 795 g/mol. The molecule has 0 aromatic carbocycles. The van der Waals surface area contributed by atoms with Crippen LogP contribution in [0.1, 0.15) is 18.9 Å². The van der Waals surface area contributed by atoms with E-state index in [0.717, 1.165) is 12.7 Å². The third-order valence-electron chi connectivity index (χ3n) is 7.92. The topological polar surface area (TPSA) is 416 Å². The number of fused-ring (bicyclic) bond motifs is 2. The van der Waals surface area contributed by atoms with Crippen LogP contribution in [0.25, 0.3) is 22.3 Å². The van der Waals surface area contributed by atoms with Crippen LogP contribution in [0.3, 0.4) is 0 Å². The maximum absolute atomic E-state index is 13.4. The number of aliphatic hydroxyl groups is 2. The number of nitrogen functional groups attached to an aromatic ring is 2. The van der Waals surface area contributed by atoms with Crippen molar-refractivity contribution in [2.24, 2.45) is 5.92 Å². The second-order valence-corrected chi connectivity index (χ2v) is 15.8. The molecule has 6 rings (SSSR count). The number of ether oxygens (including phenoxy) is 3. The molecule has 4 aromatic heterocycles. The fourth-order valence-electron chi connectivity index (χ4n) is 5.70. The van der Waals surface area contributed by atoms with Crippen molar-refractivity contribution in [1.82, 2.24) is 44.4 Å². The molecule has 9 atom stereocenters. The largest absolute Gasteiger partial charge is 0.535 e. The van der Waals surface area contributed by atoms with Crippen LogP contribution in [0.2, 0.25) is 0 Å². The monoisotopic (exact) mass is 825 g/mol. The Morgan fingerprint density at radius 1 is 0.981 bits per heavy atom. The van der Waals surface area contributed by atoms with Gasteiger partial charge in [0.2, 0.25) is 18.1 Å². The summed E-state index contributed by atoms with van der Waals surface area (Å²) in [4.78, 5) is 85.1. The molecule has 4 aromatic rings. The highest BCUT2D eigenvalue weighted by molar-refractivity contribution is 7.66. The van der Waals surface area contributed by atoms with Crippen molar-refractivity contribution < 1.29 is 75.6 Å².